The van der Waals surface area contributed by atoms with Gasteiger partial charge in [0.15, 0.2) is 0 Å². The number of fused-ring (bicyclic) bond motifs is 1. The molecule has 0 spiro atoms. The van der Waals surface area contributed by atoms with Crippen LogP contribution in [0.3, 0.4) is 0 Å². The van der Waals surface area contributed by atoms with Gasteiger partial charge in [0.05, 0.1) is 0 Å². The highest BCUT2D eigenvalue weighted by Gasteiger charge is 2.06. The molecule has 0 unspecified atom stereocenters. The first-order valence-corrected chi connectivity index (χ1v) is 5.95. The van der Waals surface area contributed by atoms with E-state index in [-0.39, 0.29) is 0 Å². The van der Waals surface area contributed by atoms with Gasteiger partial charge >= 0.3 is 0 Å². The van der Waals surface area contributed by atoms with Crippen LogP contribution in [0.2, 0.25) is 0 Å². The first kappa shape index (κ1) is 10.8. The third-order valence-corrected chi connectivity index (χ3v) is 3.22. The van der Waals surface area contributed by atoms with Gasteiger partial charge in [-0.1, -0.05) is 24.3 Å². The SMILES string of the molecule is Cc1cc(N)ccc1-c1cccc2cnccc12. The topological polar surface area (TPSA) is 38.9 Å². The second kappa shape index (κ2) is 4.15. The molecule has 2 heteroatoms. The van der Waals surface area contributed by atoms with Crippen LogP contribution in [0.25, 0.3) is 21.9 Å². The molecule has 0 atom stereocenters. The number of hydrogen-bond donors (Lipinski definition) is 1. The van der Waals surface area contributed by atoms with Crippen LogP contribution in [0.1, 0.15) is 5.56 Å². The molecule has 0 aliphatic carbocycles. The van der Waals surface area contributed by atoms with Crippen LogP contribution in [-0.4, -0.2) is 4.98 Å². The maximum Gasteiger partial charge on any atom is 0.0346 e. The molecule has 0 amide bonds. The van der Waals surface area contributed by atoms with Gasteiger partial charge < -0.3 is 5.73 Å². The van der Waals surface area contributed by atoms with Crippen molar-refractivity contribution in [1.82, 2.24) is 4.98 Å². The summed E-state index contributed by atoms with van der Waals surface area (Å²) in [6.07, 6.45) is 3.73. The third-order valence-electron chi connectivity index (χ3n) is 3.22. The number of benzene rings is 2. The lowest BCUT2D eigenvalue weighted by Crippen LogP contribution is -1.89. The molecule has 1 heterocycles. The van der Waals surface area contributed by atoms with E-state index < -0.39 is 0 Å². The highest BCUT2D eigenvalue weighted by Crippen LogP contribution is 2.31. The molecule has 0 aliphatic rings. The highest BCUT2D eigenvalue weighted by atomic mass is 14.6. The monoisotopic (exact) mass is 234 g/mol. The summed E-state index contributed by atoms with van der Waals surface area (Å²) in [7, 11) is 0. The molecular formula is C16H14N2. The molecule has 2 aromatic carbocycles. The van der Waals surface area contributed by atoms with Gasteiger partial charge in [0.25, 0.3) is 0 Å². The summed E-state index contributed by atoms with van der Waals surface area (Å²) in [5.41, 5.74) is 10.3. The van der Waals surface area contributed by atoms with Gasteiger partial charge in [0.2, 0.25) is 0 Å². The minimum atomic E-state index is 0.804. The van der Waals surface area contributed by atoms with Gasteiger partial charge in [0, 0.05) is 23.5 Å². The first-order valence-electron chi connectivity index (χ1n) is 5.95. The summed E-state index contributed by atoms with van der Waals surface area (Å²) >= 11 is 0. The minimum Gasteiger partial charge on any atom is -0.399 e. The van der Waals surface area contributed by atoms with Crippen LogP contribution in [0, 0.1) is 6.92 Å². The predicted octanol–water partition coefficient (Wildman–Crippen LogP) is 3.79. The summed E-state index contributed by atoms with van der Waals surface area (Å²) in [4.78, 5) is 4.16. The van der Waals surface area contributed by atoms with E-state index in [1.807, 2.05) is 24.5 Å². The van der Waals surface area contributed by atoms with Gasteiger partial charge in [0.1, 0.15) is 0 Å². The molecule has 3 aromatic rings. The molecular weight excluding hydrogens is 220 g/mol. The molecule has 0 saturated carbocycles. The Balaban J connectivity index is 2.31. The van der Waals surface area contributed by atoms with Crippen molar-refractivity contribution in [3.8, 4) is 11.1 Å². The van der Waals surface area contributed by atoms with Crippen LogP contribution in [0.15, 0.2) is 54.9 Å². The van der Waals surface area contributed by atoms with Gasteiger partial charge in [-0.3, -0.25) is 4.98 Å². The van der Waals surface area contributed by atoms with Crippen LogP contribution in [0.4, 0.5) is 5.69 Å². The third kappa shape index (κ3) is 1.72. The fraction of sp³-hybridized carbons (Fsp3) is 0.0625. The Hall–Kier alpha value is -2.35. The maximum absolute atomic E-state index is 5.81. The predicted molar refractivity (Wildman–Crippen MR) is 76.3 cm³/mol. The number of anilines is 1. The van der Waals surface area contributed by atoms with E-state index in [4.69, 9.17) is 5.73 Å². The Morgan fingerprint density at radius 2 is 1.89 bits per heavy atom. The summed E-state index contributed by atoms with van der Waals surface area (Å²) in [6.45, 7) is 2.09. The maximum atomic E-state index is 5.81. The fourth-order valence-corrected chi connectivity index (χ4v) is 2.35. The van der Waals surface area contributed by atoms with E-state index in [1.165, 1.54) is 22.1 Å². The Labute approximate surface area is 106 Å². The van der Waals surface area contributed by atoms with Crippen molar-refractivity contribution >= 4 is 16.5 Å². The molecule has 2 nitrogen and oxygen atoms in total. The van der Waals surface area contributed by atoms with E-state index in [0.29, 0.717) is 0 Å². The molecule has 1 aromatic heterocycles. The Morgan fingerprint density at radius 3 is 2.72 bits per heavy atom. The zero-order valence-electron chi connectivity index (χ0n) is 10.2. The summed E-state index contributed by atoms with van der Waals surface area (Å²) in [5, 5.41) is 2.38. The summed E-state index contributed by atoms with van der Waals surface area (Å²) < 4.78 is 0. The zero-order valence-corrected chi connectivity index (χ0v) is 10.2. The largest absolute Gasteiger partial charge is 0.399 e. The Morgan fingerprint density at radius 1 is 1.00 bits per heavy atom. The lowest BCUT2D eigenvalue weighted by Gasteiger charge is -2.10. The number of hydrogen-bond acceptors (Lipinski definition) is 2. The number of rotatable bonds is 1. The zero-order chi connectivity index (χ0) is 12.5. The van der Waals surface area contributed by atoms with Crippen LogP contribution < -0.4 is 5.73 Å². The lowest BCUT2D eigenvalue weighted by atomic mass is 9.96. The second-order valence-electron chi connectivity index (χ2n) is 4.48. The van der Waals surface area contributed by atoms with E-state index in [0.717, 1.165) is 11.1 Å². The van der Waals surface area contributed by atoms with Crippen molar-refractivity contribution in [2.75, 3.05) is 5.73 Å². The number of nitrogens with two attached hydrogens (primary N) is 1. The normalized spacial score (nSPS) is 10.7. The average Bonchev–Trinajstić information content (AvgIpc) is 2.38. The minimum absolute atomic E-state index is 0.804. The molecule has 2 N–H and O–H groups in total. The molecule has 88 valence electrons. The van der Waals surface area contributed by atoms with E-state index in [2.05, 4.69) is 42.2 Å². The van der Waals surface area contributed by atoms with Crippen LogP contribution in [-0.2, 0) is 0 Å². The van der Waals surface area contributed by atoms with E-state index >= 15 is 0 Å². The highest BCUT2D eigenvalue weighted by molar-refractivity contribution is 5.96. The number of aromatic nitrogens is 1. The molecule has 0 fully saturated rings. The molecule has 0 radical (unpaired) electrons. The Kier molecular flexibility index (Phi) is 2.49. The second-order valence-corrected chi connectivity index (χ2v) is 4.48. The van der Waals surface area contributed by atoms with Gasteiger partial charge in [-0.2, -0.15) is 0 Å². The molecule has 0 saturated heterocycles. The number of aryl methyl sites for hydroxylation is 1. The van der Waals surface area contributed by atoms with Crippen LogP contribution in [0.5, 0.6) is 0 Å². The Bertz CT molecular complexity index is 712. The number of pyridine rings is 1. The number of nitrogen functional groups attached to an aromatic ring is 1. The number of nitrogens with zero attached hydrogens (tertiary/aromatic N) is 1. The quantitative estimate of drug-likeness (QED) is 0.650. The summed E-state index contributed by atoms with van der Waals surface area (Å²) in [6, 6.07) is 14.4. The van der Waals surface area contributed by atoms with Gasteiger partial charge in [-0.25, -0.2) is 0 Å². The van der Waals surface area contributed by atoms with Gasteiger partial charge in [-0.15, -0.1) is 0 Å². The first-order chi connectivity index (χ1) is 8.75. The van der Waals surface area contributed by atoms with E-state index in [1.54, 1.807) is 0 Å². The molecule has 18 heavy (non-hydrogen) atoms. The smallest absolute Gasteiger partial charge is 0.0346 e. The van der Waals surface area contributed by atoms with Crippen molar-refractivity contribution in [2.24, 2.45) is 0 Å². The molecule has 3 rings (SSSR count). The average molecular weight is 234 g/mol. The standard InChI is InChI=1S/C16H14N2/c1-11-9-13(17)5-6-14(11)16-4-2-3-12-10-18-8-7-15(12)16/h2-10H,17H2,1H3. The summed E-state index contributed by atoms with van der Waals surface area (Å²) in [5.74, 6) is 0. The fourth-order valence-electron chi connectivity index (χ4n) is 2.35. The van der Waals surface area contributed by atoms with Crippen molar-refractivity contribution in [2.45, 2.75) is 6.92 Å². The van der Waals surface area contributed by atoms with Gasteiger partial charge in [-0.05, 0) is 47.2 Å². The lowest BCUT2D eigenvalue weighted by molar-refractivity contribution is 1.36. The van der Waals surface area contributed by atoms with Crippen molar-refractivity contribution in [3.63, 3.8) is 0 Å². The molecule has 0 bridgehead atoms. The van der Waals surface area contributed by atoms with Crippen LogP contribution >= 0.6 is 0 Å². The van der Waals surface area contributed by atoms with Crippen molar-refractivity contribution < 1.29 is 0 Å². The van der Waals surface area contributed by atoms with Crippen molar-refractivity contribution in [3.05, 3.63) is 60.4 Å². The van der Waals surface area contributed by atoms with E-state index in [9.17, 15) is 0 Å². The molecule has 0 aliphatic heterocycles. The van der Waals surface area contributed by atoms with Crippen molar-refractivity contribution in [1.29, 1.82) is 0 Å².